The minimum absolute atomic E-state index is 0.0275. The summed E-state index contributed by atoms with van der Waals surface area (Å²) in [6.07, 6.45) is 1.50. The summed E-state index contributed by atoms with van der Waals surface area (Å²) in [4.78, 5) is 16.6. The molecular weight excluding hydrogens is 288 g/mol. The van der Waals surface area contributed by atoms with Crippen molar-refractivity contribution >= 4 is 11.4 Å². The van der Waals surface area contributed by atoms with Crippen molar-refractivity contribution in [2.75, 3.05) is 19.0 Å². The minimum Gasteiger partial charge on any atom is -0.461 e. The van der Waals surface area contributed by atoms with Gasteiger partial charge >= 0.3 is 0 Å². The van der Waals surface area contributed by atoms with E-state index in [0.717, 1.165) is 0 Å². The van der Waals surface area contributed by atoms with Gasteiger partial charge in [0.15, 0.2) is 5.76 Å². The molecule has 0 fully saturated rings. The Morgan fingerprint density at radius 3 is 2.73 bits per heavy atom. The van der Waals surface area contributed by atoms with Crippen LogP contribution in [0.25, 0.3) is 23.0 Å². The van der Waals surface area contributed by atoms with Crippen molar-refractivity contribution in [1.82, 2.24) is 10.1 Å². The maximum atomic E-state index is 11.2. The highest BCUT2D eigenvalue weighted by Crippen LogP contribution is 2.32. The molecule has 2 heterocycles. The third-order valence-electron chi connectivity index (χ3n) is 3.07. The second kappa shape index (κ2) is 5.32. The van der Waals surface area contributed by atoms with Gasteiger partial charge in [-0.15, -0.1) is 0 Å². The molecule has 0 unspecified atom stereocenters. The van der Waals surface area contributed by atoms with Crippen LogP contribution in [0.4, 0.5) is 11.4 Å². The van der Waals surface area contributed by atoms with Crippen LogP contribution in [0.1, 0.15) is 0 Å². The Hall–Kier alpha value is -3.16. The third-order valence-corrected chi connectivity index (χ3v) is 3.07. The molecular formula is C14H12N4O4. The first-order chi connectivity index (χ1) is 10.6. The average molecular weight is 300 g/mol. The van der Waals surface area contributed by atoms with Crippen molar-refractivity contribution in [2.24, 2.45) is 0 Å². The van der Waals surface area contributed by atoms with E-state index < -0.39 is 4.92 Å². The predicted molar refractivity (Wildman–Crippen MR) is 78.4 cm³/mol. The van der Waals surface area contributed by atoms with Gasteiger partial charge in [0.05, 0.1) is 11.2 Å². The molecule has 0 saturated heterocycles. The summed E-state index contributed by atoms with van der Waals surface area (Å²) >= 11 is 0. The maximum Gasteiger partial charge on any atom is 0.293 e. The number of anilines is 1. The zero-order chi connectivity index (χ0) is 15.7. The number of nitrogens with zero attached hydrogens (tertiary/aromatic N) is 4. The number of furan rings is 1. The van der Waals surface area contributed by atoms with Gasteiger partial charge in [-0.2, -0.15) is 4.98 Å². The zero-order valence-electron chi connectivity index (χ0n) is 11.9. The van der Waals surface area contributed by atoms with Crippen molar-refractivity contribution in [2.45, 2.75) is 0 Å². The molecule has 0 bridgehead atoms. The predicted octanol–water partition coefficient (Wildman–Crippen LogP) is 2.97. The standard InChI is InChI=1S/C14H12N4O4/c1-17(2)10-6-5-9(8-11(10)18(19)20)14-15-13(16-22-14)12-4-3-7-21-12/h3-8H,1-2H3. The van der Waals surface area contributed by atoms with Gasteiger partial charge in [-0.1, -0.05) is 5.16 Å². The van der Waals surface area contributed by atoms with Crippen LogP contribution in [0.15, 0.2) is 45.5 Å². The lowest BCUT2D eigenvalue weighted by Crippen LogP contribution is -2.10. The molecule has 8 nitrogen and oxygen atoms in total. The largest absolute Gasteiger partial charge is 0.461 e. The fourth-order valence-electron chi connectivity index (χ4n) is 2.03. The van der Waals surface area contributed by atoms with Gasteiger partial charge < -0.3 is 13.8 Å². The van der Waals surface area contributed by atoms with Crippen LogP contribution in [0.3, 0.4) is 0 Å². The number of rotatable bonds is 4. The van der Waals surface area contributed by atoms with E-state index in [4.69, 9.17) is 8.94 Å². The zero-order valence-corrected chi connectivity index (χ0v) is 11.9. The number of aromatic nitrogens is 2. The van der Waals surface area contributed by atoms with Gasteiger partial charge in [0.25, 0.3) is 11.6 Å². The van der Waals surface area contributed by atoms with E-state index in [1.807, 2.05) is 0 Å². The number of nitro groups is 1. The van der Waals surface area contributed by atoms with Crippen LogP contribution in [0.5, 0.6) is 0 Å². The topological polar surface area (TPSA) is 98.4 Å². The quantitative estimate of drug-likeness (QED) is 0.539. The molecule has 0 radical (unpaired) electrons. The highest BCUT2D eigenvalue weighted by Gasteiger charge is 2.20. The van der Waals surface area contributed by atoms with Crippen LogP contribution in [-0.2, 0) is 0 Å². The van der Waals surface area contributed by atoms with Crippen LogP contribution < -0.4 is 4.90 Å². The van der Waals surface area contributed by atoms with Crippen molar-refractivity contribution in [3.05, 3.63) is 46.7 Å². The van der Waals surface area contributed by atoms with E-state index in [2.05, 4.69) is 10.1 Å². The molecule has 2 aromatic heterocycles. The molecule has 1 aromatic carbocycles. The summed E-state index contributed by atoms with van der Waals surface area (Å²) in [5.74, 6) is 0.952. The smallest absolute Gasteiger partial charge is 0.293 e. The van der Waals surface area contributed by atoms with Crippen molar-refractivity contribution in [3.8, 4) is 23.0 Å². The van der Waals surface area contributed by atoms with Gasteiger partial charge in [0, 0.05) is 25.7 Å². The molecule has 22 heavy (non-hydrogen) atoms. The molecule has 0 amide bonds. The lowest BCUT2D eigenvalue weighted by atomic mass is 10.1. The van der Waals surface area contributed by atoms with Crippen LogP contribution in [0, 0.1) is 10.1 Å². The molecule has 3 aromatic rings. The van der Waals surface area contributed by atoms with Crippen molar-refractivity contribution in [3.63, 3.8) is 0 Å². The van der Waals surface area contributed by atoms with Gasteiger partial charge in [0.1, 0.15) is 5.69 Å². The highest BCUT2D eigenvalue weighted by atomic mass is 16.6. The van der Waals surface area contributed by atoms with E-state index in [1.54, 1.807) is 43.3 Å². The fraction of sp³-hybridized carbons (Fsp3) is 0.143. The summed E-state index contributed by atoms with van der Waals surface area (Å²) in [5, 5.41) is 15.0. The summed E-state index contributed by atoms with van der Waals surface area (Å²) in [6.45, 7) is 0. The number of hydrogen-bond donors (Lipinski definition) is 0. The molecule has 0 aliphatic heterocycles. The van der Waals surface area contributed by atoms with Gasteiger partial charge in [-0.05, 0) is 24.3 Å². The molecule has 0 aliphatic carbocycles. The SMILES string of the molecule is CN(C)c1ccc(-c2nc(-c3ccco3)no2)cc1[N+](=O)[O-]. The summed E-state index contributed by atoms with van der Waals surface area (Å²) in [5.41, 5.74) is 0.947. The van der Waals surface area contributed by atoms with Crippen LogP contribution in [0.2, 0.25) is 0 Å². The summed E-state index contributed by atoms with van der Waals surface area (Å²) < 4.78 is 10.3. The first-order valence-corrected chi connectivity index (χ1v) is 6.40. The van der Waals surface area contributed by atoms with Gasteiger partial charge in [-0.25, -0.2) is 0 Å². The van der Waals surface area contributed by atoms with E-state index in [-0.39, 0.29) is 11.6 Å². The van der Waals surface area contributed by atoms with Crippen LogP contribution in [-0.4, -0.2) is 29.2 Å². The van der Waals surface area contributed by atoms with Crippen molar-refractivity contribution in [1.29, 1.82) is 0 Å². The second-order valence-electron chi connectivity index (χ2n) is 4.76. The Morgan fingerprint density at radius 1 is 1.27 bits per heavy atom. The lowest BCUT2D eigenvalue weighted by molar-refractivity contribution is -0.384. The maximum absolute atomic E-state index is 11.2. The monoisotopic (exact) mass is 300 g/mol. The minimum atomic E-state index is -0.442. The number of hydrogen-bond acceptors (Lipinski definition) is 7. The lowest BCUT2D eigenvalue weighted by Gasteiger charge is -2.12. The van der Waals surface area contributed by atoms with E-state index in [0.29, 0.717) is 22.8 Å². The summed E-state index contributed by atoms with van der Waals surface area (Å²) in [7, 11) is 3.48. The molecule has 0 spiro atoms. The normalized spacial score (nSPS) is 10.6. The Morgan fingerprint density at radius 2 is 2.09 bits per heavy atom. The van der Waals surface area contributed by atoms with Gasteiger partial charge in [0.2, 0.25) is 5.82 Å². The molecule has 3 rings (SSSR count). The molecule has 112 valence electrons. The van der Waals surface area contributed by atoms with Gasteiger partial charge in [-0.3, -0.25) is 10.1 Å². The number of benzene rings is 1. The number of nitro benzene ring substituents is 1. The van der Waals surface area contributed by atoms with Crippen molar-refractivity contribution < 1.29 is 13.9 Å². The molecule has 0 atom stereocenters. The van der Waals surface area contributed by atoms with E-state index in [1.165, 1.54) is 12.3 Å². The Kier molecular flexibility index (Phi) is 3.34. The van der Waals surface area contributed by atoms with E-state index in [9.17, 15) is 10.1 Å². The Labute approximate surface area is 125 Å². The molecule has 0 saturated carbocycles. The first kappa shape index (κ1) is 13.8. The second-order valence-corrected chi connectivity index (χ2v) is 4.76. The average Bonchev–Trinajstić information content (AvgIpc) is 3.17. The Bertz CT molecular complexity index is 808. The van der Waals surface area contributed by atoms with E-state index >= 15 is 0 Å². The third kappa shape index (κ3) is 2.41. The van der Waals surface area contributed by atoms with Crippen LogP contribution >= 0.6 is 0 Å². The molecule has 0 aliphatic rings. The fourth-order valence-corrected chi connectivity index (χ4v) is 2.03. The Balaban J connectivity index is 2.02. The summed E-state index contributed by atoms with van der Waals surface area (Å²) in [6, 6.07) is 8.16. The highest BCUT2D eigenvalue weighted by molar-refractivity contribution is 5.70. The molecule has 8 heteroatoms. The first-order valence-electron chi connectivity index (χ1n) is 6.40. The molecule has 0 N–H and O–H groups in total.